The molecule has 0 aliphatic rings. The van der Waals surface area contributed by atoms with Crippen molar-refractivity contribution in [2.24, 2.45) is 0 Å². The summed E-state index contributed by atoms with van der Waals surface area (Å²) in [5.41, 5.74) is 0.422. The SMILES string of the molecule is CN(CCC(=O)O)C(=O)c1cc(Cl)ccc1Br. The van der Waals surface area contributed by atoms with Crippen molar-refractivity contribution in [1.82, 2.24) is 4.90 Å². The first-order chi connectivity index (χ1) is 7.91. The standard InChI is InChI=1S/C11H11BrClNO3/c1-14(5-4-10(15)16)11(17)8-6-7(13)2-3-9(8)12/h2-3,6H,4-5H2,1H3,(H,15,16). The number of carboxylic acids is 1. The van der Waals surface area contributed by atoms with Gasteiger partial charge in [-0.05, 0) is 34.1 Å². The molecule has 1 aromatic rings. The highest BCUT2D eigenvalue weighted by Crippen LogP contribution is 2.22. The molecule has 0 unspecified atom stereocenters. The van der Waals surface area contributed by atoms with E-state index < -0.39 is 5.97 Å². The first-order valence-corrected chi connectivity index (χ1v) is 6.01. The minimum absolute atomic E-state index is 0.0829. The molecular formula is C11H11BrClNO3. The van der Waals surface area contributed by atoms with Crippen LogP contribution in [0.4, 0.5) is 0 Å². The molecule has 0 heterocycles. The lowest BCUT2D eigenvalue weighted by molar-refractivity contribution is -0.137. The van der Waals surface area contributed by atoms with Crippen molar-refractivity contribution in [3.05, 3.63) is 33.3 Å². The molecule has 0 bridgehead atoms. The number of carboxylic acid groups (broad SMARTS) is 1. The molecule has 4 nitrogen and oxygen atoms in total. The lowest BCUT2D eigenvalue weighted by Gasteiger charge is -2.17. The van der Waals surface area contributed by atoms with Crippen LogP contribution in [-0.2, 0) is 4.79 Å². The highest BCUT2D eigenvalue weighted by molar-refractivity contribution is 9.10. The Balaban J connectivity index is 2.81. The predicted molar refractivity (Wildman–Crippen MR) is 68.4 cm³/mol. The Bertz CT molecular complexity index is 450. The summed E-state index contributed by atoms with van der Waals surface area (Å²) in [6, 6.07) is 4.89. The molecule has 0 aliphatic heterocycles. The topological polar surface area (TPSA) is 57.6 Å². The molecule has 0 saturated heterocycles. The van der Waals surface area contributed by atoms with Gasteiger partial charge in [0.15, 0.2) is 0 Å². The summed E-state index contributed by atoms with van der Waals surface area (Å²) in [4.78, 5) is 23.7. The summed E-state index contributed by atoms with van der Waals surface area (Å²) in [7, 11) is 1.55. The Morgan fingerprint density at radius 1 is 1.47 bits per heavy atom. The van der Waals surface area contributed by atoms with Crippen molar-refractivity contribution in [3.63, 3.8) is 0 Å². The van der Waals surface area contributed by atoms with Crippen LogP contribution in [0.1, 0.15) is 16.8 Å². The fourth-order valence-electron chi connectivity index (χ4n) is 1.23. The van der Waals surface area contributed by atoms with E-state index in [-0.39, 0.29) is 18.9 Å². The molecular weight excluding hydrogens is 309 g/mol. The maximum Gasteiger partial charge on any atom is 0.305 e. The van der Waals surface area contributed by atoms with E-state index in [4.69, 9.17) is 16.7 Å². The summed E-state index contributed by atoms with van der Waals surface area (Å²) >= 11 is 9.06. The van der Waals surface area contributed by atoms with Crippen LogP contribution in [-0.4, -0.2) is 35.5 Å². The number of nitrogens with zero attached hydrogens (tertiary/aromatic N) is 1. The van der Waals surface area contributed by atoms with E-state index in [0.29, 0.717) is 15.1 Å². The summed E-state index contributed by atoms with van der Waals surface area (Å²) in [5, 5.41) is 9.01. The molecule has 0 aromatic heterocycles. The fraction of sp³-hybridized carbons (Fsp3) is 0.273. The smallest absolute Gasteiger partial charge is 0.305 e. The average molecular weight is 321 g/mol. The van der Waals surface area contributed by atoms with Gasteiger partial charge in [-0.1, -0.05) is 11.6 Å². The van der Waals surface area contributed by atoms with Crippen molar-refractivity contribution in [3.8, 4) is 0 Å². The van der Waals surface area contributed by atoms with Gasteiger partial charge < -0.3 is 10.0 Å². The first kappa shape index (κ1) is 14.0. The van der Waals surface area contributed by atoms with Gasteiger partial charge in [-0.3, -0.25) is 9.59 Å². The van der Waals surface area contributed by atoms with Crippen LogP contribution in [0.2, 0.25) is 5.02 Å². The Morgan fingerprint density at radius 3 is 2.71 bits per heavy atom. The Hall–Kier alpha value is -1.07. The minimum atomic E-state index is -0.935. The van der Waals surface area contributed by atoms with E-state index in [1.165, 1.54) is 4.90 Å². The van der Waals surface area contributed by atoms with Crippen LogP contribution in [0.25, 0.3) is 0 Å². The summed E-state index contributed by atoms with van der Waals surface area (Å²) in [6.07, 6.45) is -0.0829. The number of aliphatic carboxylic acids is 1. The van der Waals surface area contributed by atoms with Gasteiger partial charge in [-0.25, -0.2) is 0 Å². The Morgan fingerprint density at radius 2 is 2.12 bits per heavy atom. The molecule has 0 atom stereocenters. The number of hydrogen-bond acceptors (Lipinski definition) is 2. The van der Waals surface area contributed by atoms with E-state index in [2.05, 4.69) is 15.9 Å². The zero-order chi connectivity index (χ0) is 13.0. The molecule has 6 heteroatoms. The molecule has 1 amide bonds. The summed E-state index contributed by atoms with van der Waals surface area (Å²) in [6.45, 7) is 0.160. The lowest BCUT2D eigenvalue weighted by Crippen LogP contribution is -2.29. The van der Waals surface area contributed by atoms with Crippen LogP contribution in [0.15, 0.2) is 22.7 Å². The van der Waals surface area contributed by atoms with Crippen LogP contribution in [0.5, 0.6) is 0 Å². The second-order valence-corrected chi connectivity index (χ2v) is 4.79. The maximum atomic E-state index is 12.0. The molecule has 0 fully saturated rings. The van der Waals surface area contributed by atoms with Crippen molar-refractivity contribution in [1.29, 1.82) is 0 Å². The third kappa shape index (κ3) is 4.02. The van der Waals surface area contributed by atoms with Crippen LogP contribution >= 0.6 is 27.5 Å². The number of rotatable bonds is 4. The number of carbonyl (C=O) groups excluding carboxylic acids is 1. The summed E-state index contributed by atoms with van der Waals surface area (Å²) in [5.74, 6) is -1.20. The monoisotopic (exact) mass is 319 g/mol. The van der Waals surface area contributed by atoms with Gasteiger partial charge in [0.1, 0.15) is 0 Å². The maximum absolute atomic E-state index is 12.0. The Kier molecular flexibility index (Phi) is 4.96. The lowest BCUT2D eigenvalue weighted by atomic mass is 10.2. The number of halogens is 2. The molecule has 0 radical (unpaired) electrons. The molecule has 17 heavy (non-hydrogen) atoms. The van der Waals surface area contributed by atoms with Crippen molar-refractivity contribution in [2.75, 3.05) is 13.6 Å². The van der Waals surface area contributed by atoms with Gasteiger partial charge in [-0.15, -0.1) is 0 Å². The highest BCUT2D eigenvalue weighted by atomic mass is 79.9. The zero-order valence-corrected chi connectivity index (χ0v) is 11.5. The molecule has 0 saturated carbocycles. The van der Waals surface area contributed by atoms with Gasteiger partial charge in [-0.2, -0.15) is 0 Å². The number of hydrogen-bond donors (Lipinski definition) is 1. The van der Waals surface area contributed by atoms with Crippen molar-refractivity contribution in [2.45, 2.75) is 6.42 Å². The van der Waals surface area contributed by atoms with Gasteiger partial charge >= 0.3 is 5.97 Å². The highest BCUT2D eigenvalue weighted by Gasteiger charge is 2.15. The number of amides is 1. The molecule has 92 valence electrons. The van der Waals surface area contributed by atoms with Gasteiger partial charge in [0, 0.05) is 23.1 Å². The van der Waals surface area contributed by atoms with Gasteiger partial charge in [0.25, 0.3) is 5.91 Å². The minimum Gasteiger partial charge on any atom is -0.481 e. The summed E-state index contributed by atoms with van der Waals surface area (Å²) < 4.78 is 0.633. The molecule has 1 N–H and O–H groups in total. The van der Waals surface area contributed by atoms with E-state index in [1.54, 1.807) is 25.2 Å². The quantitative estimate of drug-likeness (QED) is 0.928. The average Bonchev–Trinajstić information content (AvgIpc) is 2.28. The molecule has 1 aromatic carbocycles. The second kappa shape index (κ2) is 6.02. The third-order valence-electron chi connectivity index (χ3n) is 2.17. The van der Waals surface area contributed by atoms with Crippen molar-refractivity contribution >= 4 is 39.4 Å². The normalized spacial score (nSPS) is 10.1. The van der Waals surface area contributed by atoms with Crippen molar-refractivity contribution < 1.29 is 14.7 Å². The van der Waals surface area contributed by atoms with Crippen LogP contribution < -0.4 is 0 Å². The van der Waals surface area contributed by atoms with Crippen LogP contribution in [0.3, 0.4) is 0 Å². The number of carbonyl (C=O) groups is 2. The molecule has 0 aliphatic carbocycles. The largest absolute Gasteiger partial charge is 0.481 e. The van der Waals surface area contributed by atoms with E-state index in [9.17, 15) is 9.59 Å². The first-order valence-electron chi connectivity index (χ1n) is 4.84. The van der Waals surface area contributed by atoms with Crippen LogP contribution in [0, 0.1) is 0 Å². The molecule has 0 spiro atoms. The zero-order valence-electron chi connectivity index (χ0n) is 9.11. The van der Waals surface area contributed by atoms with E-state index in [0.717, 1.165) is 0 Å². The van der Waals surface area contributed by atoms with Gasteiger partial charge in [0.05, 0.1) is 12.0 Å². The Labute approximate surface area is 112 Å². The second-order valence-electron chi connectivity index (χ2n) is 3.49. The molecule has 1 rings (SSSR count). The predicted octanol–water partition coefficient (Wildman–Crippen LogP) is 2.65. The van der Waals surface area contributed by atoms with E-state index in [1.807, 2.05) is 0 Å². The third-order valence-corrected chi connectivity index (χ3v) is 3.09. The van der Waals surface area contributed by atoms with Gasteiger partial charge in [0.2, 0.25) is 0 Å². The fourth-order valence-corrected chi connectivity index (χ4v) is 1.82. The number of benzene rings is 1. The van der Waals surface area contributed by atoms with E-state index >= 15 is 0 Å².